The molecule has 0 saturated carbocycles. The second-order valence-corrected chi connectivity index (χ2v) is 6.88. The lowest BCUT2D eigenvalue weighted by molar-refractivity contribution is -0.123. The van der Waals surface area contributed by atoms with Gasteiger partial charge in [0.15, 0.2) is 0 Å². The van der Waals surface area contributed by atoms with E-state index in [9.17, 15) is 4.79 Å². The van der Waals surface area contributed by atoms with Gasteiger partial charge in [0.25, 0.3) is 0 Å². The van der Waals surface area contributed by atoms with Crippen molar-refractivity contribution in [2.45, 2.75) is 37.1 Å². The zero-order chi connectivity index (χ0) is 15.8. The third-order valence-corrected chi connectivity index (χ3v) is 5.23. The summed E-state index contributed by atoms with van der Waals surface area (Å²) in [5.74, 6) is 2.44. The molecule has 4 nitrogen and oxygen atoms in total. The molecule has 0 unspecified atom stereocenters. The first-order valence-electron chi connectivity index (χ1n) is 7.97. The number of methoxy groups -OCH3 is 1. The van der Waals surface area contributed by atoms with Crippen molar-refractivity contribution in [1.82, 2.24) is 10.6 Å². The molecule has 1 aliphatic heterocycles. The van der Waals surface area contributed by atoms with Gasteiger partial charge in [0, 0.05) is 17.2 Å². The number of hydrogen-bond acceptors (Lipinski definition) is 4. The summed E-state index contributed by atoms with van der Waals surface area (Å²) in [6.45, 7) is 3.84. The number of benzene rings is 1. The van der Waals surface area contributed by atoms with Gasteiger partial charge in [0.05, 0.1) is 13.2 Å². The fourth-order valence-electron chi connectivity index (χ4n) is 2.50. The molecule has 0 spiro atoms. The first kappa shape index (κ1) is 17.2. The number of nitrogens with one attached hydrogen (secondary N) is 2. The average Bonchev–Trinajstić information content (AvgIpc) is 2.58. The van der Waals surface area contributed by atoms with E-state index in [0.717, 1.165) is 42.3 Å². The van der Waals surface area contributed by atoms with Gasteiger partial charge in [0.2, 0.25) is 5.91 Å². The van der Waals surface area contributed by atoms with Crippen LogP contribution < -0.4 is 15.4 Å². The molecule has 1 aliphatic rings. The van der Waals surface area contributed by atoms with Crippen LogP contribution in [0.25, 0.3) is 0 Å². The van der Waals surface area contributed by atoms with Crippen molar-refractivity contribution in [3.63, 3.8) is 0 Å². The smallest absolute Gasteiger partial charge is 0.237 e. The fourth-order valence-corrected chi connectivity index (χ4v) is 3.55. The minimum atomic E-state index is 0.00261. The summed E-state index contributed by atoms with van der Waals surface area (Å²) in [6.07, 6.45) is 3.27. The first-order chi connectivity index (χ1) is 10.7. The van der Waals surface area contributed by atoms with Crippen molar-refractivity contribution >= 4 is 17.7 Å². The maximum atomic E-state index is 12.1. The van der Waals surface area contributed by atoms with Gasteiger partial charge < -0.3 is 15.4 Å². The van der Waals surface area contributed by atoms with E-state index < -0.39 is 0 Å². The molecule has 122 valence electrons. The summed E-state index contributed by atoms with van der Waals surface area (Å²) in [6, 6.07) is 8.04. The third kappa shape index (κ3) is 5.21. The Morgan fingerprint density at radius 3 is 3.00 bits per heavy atom. The Kier molecular flexibility index (Phi) is 7.06. The van der Waals surface area contributed by atoms with Gasteiger partial charge in [-0.15, -0.1) is 11.8 Å². The Balaban J connectivity index is 1.71. The molecule has 2 N–H and O–H groups in total. The van der Waals surface area contributed by atoms with E-state index in [-0.39, 0.29) is 11.9 Å². The van der Waals surface area contributed by atoms with Gasteiger partial charge in [-0.05, 0) is 37.4 Å². The Labute approximate surface area is 137 Å². The Morgan fingerprint density at radius 2 is 2.27 bits per heavy atom. The first-order valence-corrected chi connectivity index (χ1v) is 8.96. The molecule has 2 atom stereocenters. The van der Waals surface area contributed by atoms with Crippen LogP contribution in [0.1, 0.15) is 26.2 Å². The van der Waals surface area contributed by atoms with Crippen molar-refractivity contribution in [3.8, 4) is 5.75 Å². The van der Waals surface area contributed by atoms with Crippen LogP contribution in [0.3, 0.4) is 0 Å². The van der Waals surface area contributed by atoms with E-state index in [1.54, 1.807) is 18.9 Å². The molecule has 0 aliphatic carbocycles. The van der Waals surface area contributed by atoms with Gasteiger partial charge >= 0.3 is 0 Å². The fraction of sp³-hybridized carbons (Fsp3) is 0.588. The number of carbonyl (C=O) groups excluding carboxylic acids is 1. The predicted molar refractivity (Wildman–Crippen MR) is 91.5 cm³/mol. The molecule has 0 radical (unpaired) electrons. The molecule has 1 saturated heterocycles. The van der Waals surface area contributed by atoms with Crippen LogP contribution in [0.4, 0.5) is 0 Å². The number of amides is 1. The third-order valence-electron chi connectivity index (χ3n) is 3.84. The van der Waals surface area contributed by atoms with E-state index in [4.69, 9.17) is 4.74 Å². The van der Waals surface area contributed by atoms with Gasteiger partial charge in [-0.1, -0.05) is 25.5 Å². The zero-order valence-electron chi connectivity index (χ0n) is 13.4. The van der Waals surface area contributed by atoms with Crippen LogP contribution in [-0.4, -0.2) is 37.9 Å². The molecule has 0 aromatic heterocycles. The van der Waals surface area contributed by atoms with Crippen LogP contribution >= 0.6 is 11.8 Å². The molecule has 5 heteroatoms. The van der Waals surface area contributed by atoms with Crippen LogP contribution in [-0.2, 0) is 4.79 Å². The van der Waals surface area contributed by atoms with Crippen molar-refractivity contribution in [1.29, 1.82) is 0 Å². The highest BCUT2D eigenvalue weighted by molar-refractivity contribution is 7.99. The number of para-hydroxylation sites is 1. The Bertz CT molecular complexity index is 475. The van der Waals surface area contributed by atoms with Crippen molar-refractivity contribution < 1.29 is 9.53 Å². The summed E-state index contributed by atoms with van der Waals surface area (Å²) >= 11 is 1.78. The standard InChI is InChI=1S/C17H26N2O2S/c1-13(11-19-17(20)14-7-5-6-10-18-14)12-22-16-9-4-3-8-15(16)21-2/h3-4,8-9,13-14,18H,5-7,10-12H2,1-2H3,(H,19,20)/t13-,14-/m0/s1. The molecule has 1 amide bonds. The molecular formula is C17H26N2O2S. The number of ether oxygens (including phenoxy) is 1. The van der Waals surface area contributed by atoms with Crippen molar-refractivity contribution in [2.75, 3.05) is 26.0 Å². The molecule has 1 fully saturated rings. The lowest BCUT2D eigenvalue weighted by atomic mass is 10.0. The van der Waals surface area contributed by atoms with E-state index in [0.29, 0.717) is 5.92 Å². The van der Waals surface area contributed by atoms with E-state index in [2.05, 4.69) is 23.6 Å². The molecular weight excluding hydrogens is 296 g/mol. The monoisotopic (exact) mass is 322 g/mol. The molecule has 1 aromatic rings. The molecule has 2 rings (SSSR count). The molecule has 0 bridgehead atoms. The van der Waals surface area contributed by atoms with Crippen LogP contribution in [0.15, 0.2) is 29.2 Å². The van der Waals surface area contributed by atoms with Gasteiger partial charge in [0.1, 0.15) is 5.75 Å². The summed E-state index contributed by atoms with van der Waals surface area (Å²) in [5, 5.41) is 6.35. The number of carbonyl (C=O) groups is 1. The average molecular weight is 322 g/mol. The lowest BCUT2D eigenvalue weighted by Gasteiger charge is -2.23. The van der Waals surface area contributed by atoms with E-state index in [1.165, 1.54) is 6.42 Å². The van der Waals surface area contributed by atoms with Crippen LogP contribution in [0.5, 0.6) is 5.75 Å². The number of rotatable bonds is 7. The van der Waals surface area contributed by atoms with Gasteiger partial charge in [-0.2, -0.15) is 0 Å². The minimum absolute atomic E-state index is 0.00261. The summed E-state index contributed by atoms with van der Waals surface area (Å²) in [5.41, 5.74) is 0. The maximum absolute atomic E-state index is 12.1. The second-order valence-electron chi connectivity index (χ2n) is 5.81. The van der Waals surface area contributed by atoms with E-state index in [1.807, 2.05) is 18.2 Å². The summed E-state index contributed by atoms with van der Waals surface area (Å²) in [4.78, 5) is 13.2. The highest BCUT2D eigenvalue weighted by atomic mass is 32.2. The quantitative estimate of drug-likeness (QED) is 0.758. The Hall–Kier alpha value is -1.20. The van der Waals surface area contributed by atoms with Crippen LogP contribution in [0, 0.1) is 5.92 Å². The minimum Gasteiger partial charge on any atom is -0.496 e. The molecule has 22 heavy (non-hydrogen) atoms. The zero-order valence-corrected chi connectivity index (χ0v) is 14.2. The molecule has 1 heterocycles. The highest BCUT2D eigenvalue weighted by Crippen LogP contribution is 2.29. The SMILES string of the molecule is COc1ccccc1SC[C@@H](C)CNC(=O)[C@@H]1CCCCN1. The molecule has 1 aromatic carbocycles. The largest absolute Gasteiger partial charge is 0.496 e. The predicted octanol–water partition coefficient (Wildman–Crippen LogP) is 2.68. The highest BCUT2D eigenvalue weighted by Gasteiger charge is 2.20. The van der Waals surface area contributed by atoms with Gasteiger partial charge in [-0.3, -0.25) is 4.79 Å². The van der Waals surface area contributed by atoms with Crippen LogP contribution in [0.2, 0.25) is 0 Å². The lowest BCUT2D eigenvalue weighted by Crippen LogP contribution is -2.47. The second kappa shape index (κ2) is 9.06. The Morgan fingerprint density at radius 1 is 1.45 bits per heavy atom. The van der Waals surface area contributed by atoms with E-state index >= 15 is 0 Å². The number of thioether (sulfide) groups is 1. The summed E-state index contributed by atoms with van der Waals surface area (Å²) in [7, 11) is 1.69. The number of hydrogen-bond donors (Lipinski definition) is 2. The number of piperidine rings is 1. The topological polar surface area (TPSA) is 50.4 Å². The maximum Gasteiger partial charge on any atom is 0.237 e. The van der Waals surface area contributed by atoms with Crippen molar-refractivity contribution in [3.05, 3.63) is 24.3 Å². The normalized spacial score (nSPS) is 19.5. The summed E-state index contributed by atoms with van der Waals surface area (Å²) < 4.78 is 5.36. The van der Waals surface area contributed by atoms with Gasteiger partial charge in [-0.25, -0.2) is 0 Å². The van der Waals surface area contributed by atoms with Crippen molar-refractivity contribution in [2.24, 2.45) is 5.92 Å².